The van der Waals surface area contributed by atoms with Crippen LogP contribution in [0.4, 0.5) is 5.69 Å². The Bertz CT molecular complexity index is 912. The predicted octanol–water partition coefficient (Wildman–Crippen LogP) is 3.44. The van der Waals surface area contributed by atoms with E-state index in [1.807, 2.05) is 0 Å². The molecule has 24 heavy (non-hydrogen) atoms. The van der Waals surface area contributed by atoms with Crippen molar-refractivity contribution in [2.75, 3.05) is 5.32 Å². The van der Waals surface area contributed by atoms with Crippen LogP contribution in [-0.4, -0.2) is 14.3 Å². The molecule has 3 rings (SSSR count). The molecular weight excluding hydrogens is 348 g/mol. The molecule has 0 spiro atoms. The third kappa shape index (κ3) is 3.05. The highest BCUT2D eigenvalue weighted by Crippen LogP contribution is 2.34. The summed E-state index contributed by atoms with van der Waals surface area (Å²) < 4.78 is 27.9. The van der Waals surface area contributed by atoms with Gasteiger partial charge in [0.05, 0.1) is 10.8 Å². The number of halogens is 1. The van der Waals surface area contributed by atoms with Gasteiger partial charge < -0.3 is 5.32 Å². The molecule has 0 saturated carbocycles. The van der Waals surface area contributed by atoms with E-state index < -0.39 is 16.1 Å². The van der Waals surface area contributed by atoms with Crippen LogP contribution in [0.25, 0.3) is 0 Å². The smallest absolute Gasteiger partial charge is 0.241 e. The maximum absolute atomic E-state index is 12.7. The fourth-order valence-electron chi connectivity index (χ4n) is 2.75. The van der Waals surface area contributed by atoms with Gasteiger partial charge in [0.25, 0.3) is 0 Å². The number of hydrogen-bond acceptors (Lipinski definition) is 3. The number of anilines is 1. The molecule has 1 amide bonds. The monoisotopic (exact) mass is 364 g/mol. The summed E-state index contributed by atoms with van der Waals surface area (Å²) in [6, 6.07) is 11.3. The SMILES string of the molecule is C[C@@H]1C(=O)Nc2ccc(S(=O)(=O)N[C@H](C)c3ccccc3Cl)cc21. The summed E-state index contributed by atoms with van der Waals surface area (Å²) in [5.74, 6) is -0.493. The zero-order valence-electron chi connectivity index (χ0n) is 13.2. The minimum atomic E-state index is -3.73. The minimum absolute atomic E-state index is 0.128. The van der Waals surface area contributed by atoms with Crippen LogP contribution in [-0.2, 0) is 14.8 Å². The van der Waals surface area contributed by atoms with Crippen LogP contribution in [0.2, 0.25) is 5.02 Å². The van der Waals surface area contributed by atoms with Crippen molar-refractivity contribution in [1.82, 2.24) is 4.72 Å². The van der Waals surface area contributed by atoms with Crippen LogP contribution in [0, 0.1) is 0 Å². The lowest BCUT2D eigenvalue weighted by Gasteiger charge is -2.16. The summed E-state index contributed by atoms with van der Waals surface area (Å²) in [4.78, 5) is 11.8. The Morgan fingerprint density at radius 3 is 2.62 bits per heavy atom. The Hall–Kier alpha value is -1.89. The largest absolute Gasteiger partial charge is 0.325 e. The van der Waals surface area contributed by atoms with Gasteiger partial charge in [0.15, 0.2) is 0 Å². The molecule has 0 bridgehead atoms. The molecule has 126 valence electrons. The summed E-state index contributed by atoms with van der Waals surface area (Å²) in [6.45, 7) is 3.48. The molecular formula is C17H17ClN2O3S. The minimum Gasteiger partial charge on any atom is -0.325 e. The zero-order chi connectivity index (χ0) is 17.5. The summed E-state index contributed by atoms with van der Waals surface area (Å²) in [7, 11) is -3.73. The molecule has 0 aromatic heterocycles. The molecule has 7 heteroatoms. The molecule has 2 aromatic rings. The van der Waals surface area contributed by atoms with E-state index in [9.17, 15) is 13.2 Å². The van der Waals surface area contributed by atoms with Crippen LogP contribution in [0.3, 0.4) is 0 Å². The van der Waals surface area contributed by atoms with Crippen LogP contribution in [0.15, 0.2) is 47.4 Å². The number of sulfonamides is 1. The molecule has 0 fully saturated rings. The van der Waals surface area contributed by atoms with Gasteiger partial charge in [-0.1, -0.05) is 29.8 Å². The molecule has 1 aliphatic heterocycles. The molecule has 0 aliphatic carbocycles. The Morgan fingerprint density at radius 1 is 1.21 bits per heavy atom. The quantitative estimate of drug-likeness (QED) is 0.872. The Kier molecular flexibility index (Phi) is 4.38. The van der Waals surface area contributed by atoms with Crippen molar-refractivity contribution in [3.63, 3.8) is 0 Å². The van der Waals surface area contributed by atoms with Gasteiger partial charge in [0.1, 0.15) is 0 Å². The average Bonchev–Trinajstić information content (AvgIpc) is 2.81. The van der Waals surface area contributed by atoms with E-state index in [0.717, 1.165) is 0 Å². The van der Waals surface area contributed by atoms with Crippen molar-refractivity contribution in [3.8, 4) is 0 Å². The molecule has 0 radical (unpaired) electrons. The molecule has 1 aliphatic rings. The Morgan fingerprint density at radius 2 is 1.92 bits per heavy atom. The fraction of sp³-hybridized carbons (Fsp3) is 0.235. The molecule has 2 atom stereocenters. The van der Waals surface area contributed by atoms with Crippen LogP contribution >= 0.6 is 11.6 Å². The van der Waals surface area contributed by atoms with Crippen LogP contribution in [0.1, 0.15) is 36.9 Å². The number of fused-ring (bicyclic) bond motifs is 1. The van der Waals surface area contributed by atoms with Crippen LogP contribution < -0.4 is 10.0 Å². The van der Waals surface area contributed by atoms with E-state index in [-0.39, 0.29) is 16.7 Å². The molecule has 5 nitrogen and oxygen atoms in total. The highest BCUT2D eigenvalue weighted by Gasteiger charge is 2.29. The lowest BCUT2D eigenvalue weighted by Crippen LogP contribution is -2.27. The summed E-state index contributed by atoms with van der Waals surface area (Å²) >= 11 is 6.13. The third-order valence-electron chi connectivity index (χ3n) is 4.15. The first-order chi connectivity index (χ1) is 11.3. The highest BCUT2D eigenvalue weighted by atomic mass is 35.5. The number of nitrogens with one attached hydrogen (secondary N) is 2. The van der Waals surface area contributed by atoms with Gasteiger partial charge >= 0.3 is 0 Å². The summed E-state index contributed by atoms with van der Waals surface area (Å²) in [5.41, 5.74) is 2.05. The van der Waals surface area contributed by atoms with Gasteiger partial charge in [0.2, 0.25) is 15.9 Å². The first kappa shape index (κ1) is 17.0. The summed E-state index contributed by atoms with van der Waals surface area (Å²) in [5, 5.41) is 3.23. The molecule has 2 aromatic carbocycles. The van der Waals surface area contributed by atoms with E-state index in [1.165, 1.54) is 6.07 Å². The molecule has 2 N–H and O–H groups in total. The zero-order valence-corrected chi connectivity index (χ0v) is 14.8. The number of hydrogen-bond donors (Lipinski definition) is 2. The van der Waals surface area contributed by atoms with Crippen molar-refractivity contribution in [2.45, 2.75) is 30.7 Å². The predicted molar refractivity (Wildman–Crippen MR) is 93.7 cm³/mol. The van der Waals surface area contributed by atoms with E-state index in [0.29, 0.717) is 21.8 Å². The number of amides is 1. The Labute approximate surface area is 146 Å². The third-order valence-corrected chi connectivity index (χ3v) is 6.04. The molecule has 1 heterocycles. The van der Waals surface area contributed by atoms with E-state index in [4.69, 9.17) is 11.6 Å². The van der Waals surface area contributed by atoms with Crippen molar-refractivity contribution in [3.05, 3.63) is 58.6 Å². The van der Waals surface area contributed by atoms with Gasteiger partial charge in [-0.3, -0.25) is 4.79 Å². The van der Waals surface area contributed by atoms with Gasteiger partial charge in [0, 0.05) is 16.8 Å². The molecule has 0 saturated heterocycles. The van der Waals surface area contributed by atoms with Crippen molar-refractivity contribution in [1.29, 1.82) is 0 Å². The maximum atomic E-state index is 12.7. The first-order valence-corrected chi connectivity index (χ1v) is 9.37. The molecule has 0 unspecified atom stereocenters. The number of carbonyl (C=O) groups is 1. The number of rotatable bonds is 4. The number of carbonyl (C=O) groups excluding carboxylic acids is 1. The second kappa shape index (κ2) is 6.20. The van der Waals surface area contributed by atoms with Gasteiger partial charge in [-0.2, -0.15) is 0 Å². The van der Waals surface area contributed by atoms with E-state index >= 15 is 0 Å². The van der Waals surface area contributed by atoms with E-state index in [1.54, 1.807) is 50.2 Å². The number of benzene rings is 2. The summed E-state index contributed by atoms with van der Waals surface area (Å²) in [6.07, 6.45) is 0. The van der Waals surface area contributed by atoms with Gasteiger partial charge in [-0.25, -0.2) is 13.1 Å². The van der Waals surface area contributed by atoms with Crippen molar-refractivity contribution in [2.24, 2.45) is 0 Å². The lowest BCUT2D eigenvalue weighted by atomic mass is 10.0. The fourth-order valence-corrected chi connectivity index (χ4v) is 4.31. The first-order valence-electron chi connectivity index (χ1n) is 7.51. The second-order valence-electron chi connectivity index (χ2n) is 5.82. The highest BCUT2D eigenvalue weighted by molar-refractivity contribution is 7.89. The van der Waals surface area contributed by atoms with Crippen molar-refractivity contribution >= 4 is 33.2 Å². The Balaban J connectivity index is 1.89. The lowest BCUT2D eigenvalue weighted by molar-refractivity contribution is -0.116. The standard InChI is InChI=1S/C17H17ClN2O3S/c1-10-14-9-12(7-8-16(14)19-17(10)21)24(22,23)20-11(2)13-5-3-4-6-15(13)18/h3-11,20H,1-2H3,(H,19,21)/t10-,11+/m0/s1. The van der Waals surface area contributed by atoms with Gasteiger partial charge in [-0.05, 0) is 49.2 Å². The maximum Gasteiger partial charge on any atom is 0.241 e. The van der Waals surface area contributed by atoms with E-state index in [2.05, 4.69) is 10.0 Å². The van der Waals surface area contributed by atoms with Crippen molar-refractivity contribution < 1.29 is 13.2 Å². The average molecular weight is 365 g/mol. The van der Waals surface area contributed by atoms with Crippen LogP contribution in [0.5, 0.6) is 0 Å². The second-order valence-corrected chi connectivity index (χ2v) is 7.95. The normalized spacial score (nSPS) is 18.1. The topological polar surface area (TPSA) is 75.3 Å². The van der Waals surface area contributed by atoms with Gasteiger partial charge in [-0.15, -0.1) is 0 Å².